The molecule has 8 nitrogen and oxygen atoms in total. The molecule has 1 aliphatic carbocycles. The number of halogens is 3. The van der Waals surface area contributed by atoms with Gasteiger partial charge in [-0.2, -0.15) is 13.2 Å². The number of anilines is 2. The number of fused-ring (bicyclic) bond motifs is 1. The number of benzene rings is 1. The molecule has 0 spiro atoms. The third-order valence-electron chi connectivity index (χ3n) is 6.11. The minimum Gasteiger partial charge on any atom is -0.371 e. The van der Waals surface area contributed by atoms with Crippen LogP contribution >= 0.6 is 23.3 Å². The van der Waals surface area contributed by atoms with Gasteiger partial charge in [0.05, 0.1) is 23.7 Å². The van der Waals surface area contributed by atoms with Crippen LogP contribution in [0.5, 0.6) is 0 Å². The zero-order valence-electron chi connectivity index (χ0n) is 20.2. The molecule has 1 aromatic heterocycles. The molecule has 2 aliphatic rings. The van der Waals surface area contributed by atoms with E-state index >= 15 is 0 Å². The van der Waals surface area contributed by atoms with Crippen LogP contribution in [0.1, 0.15) is 68.9 Å². The van der Waals surface area contributed by atoms with Crippen molar-refractivity contribution >= 4 is 45.5 Å². The normalized spacial score (nSPS) is 17.1. The van der Waals surface area contributed by atoms with E-state index < -0.39 is 5.51 Å². The number of aromatic nitrogens is 2. The largest absolute Gasteiger partial charge is 0.461 e. The number of aryl methyl sites for hydroxylation is 1. The predicted octanol–water partition coefficient (Wildman–Crippen LogP) is 7.87. The van der Waals surface area contributed by atoms with Crippen molar-refractivity contribution in [3.63, 3.8) is 0 Å². The minimum atomic E-state index is -4.43. The van der Waals surface area contributed by atoms with Crippen molar-refractivity contribution in [1.82, 2.24) is 10.2 Å². The lowest BCUT2D eigenvalue weighted by Crippen LogP contribution is -2.30. The first-order valence-corrected chi connectivity index (χ1v) is 14.0. The van der Waals surface area contributed by atoms with Gasteiger partial charge in [-0.05, 0) is 49.8 Å². The Morgan fingerprint density at radius 1 is 1.17 bits per heavy atom. The van der Waals surface area contributed by atoms with Crippen LogP contribution in [0, 0.1) is 0 Å². The molecule has 0 atom stereocenters. The quantitative estimate of drug-likeness (QED) is 0.133. The van der Waals surface area contributed by atoms with Crippen molar-refractivity contribution in [2.75, 3.05) is 22.7 Å². The van der Waals surface area contributed by atoms with Gasteiger partial charge in [-0.25, -0.2) is 9.78 Å². The molecule has 1 fully saturated rings. The number of nitrogens with one attached hydrogen (secondary N) is 1. The van der Waals surface area contributed by atoms with Gasteiger partial charge in [0.2, 0.25) is 0 Å². The summed E-state index contributed by atoms with van der Waals surface area (Å²) in [5.74, 6) is 0. The molecule has 36 heavy (non-hydrogen) atoms. The molecule has 0 amide bonds. The van der Waals surface area contributed by atoms with Crippen molar-refractivity contribution in [3.05, 3.63) is 22.7 Å². The van der Waals surface area contributed by atoms with Crippen LogP contribution in [-0.4, -0.2) is 34.9 Å². The molecule has 1 saturated carbocycles. The molecule has 0 saturated heterocycles. The van der Waals surface area contributed by atoms with Crippen molar-refractivity contribution in [3.8, 4) is 0 Å². The molecule has 198 valence electrons. The molecule has 4 rings (SSSR count). The number of unbranched alkanes of at least 4 members (excludes halogenated alkanes) is 1. The highest BCUT2D eigenvalue weighted by molar-refractivity contribution is 8.01. The smallest absolute Gasteiger partial charge is 0.371 e. The zero-order chi connectivity index (χ0) is 25.4. The SMILES string of the molecule is CCCCN1CCCc2cc(N=Nc3nnc(COOC4CCCCC4)s3)c(NSC(F)(F)F)cc21. The highest BCUT2D eigenvalue weighted by atomic mass is 32.2. The molecule has 0 bridgehead atoms. The Morgan fingerprint density at radius 2 is 2.00 bits per heavy atom. The molecular weight excluding hydrogens is 513 g/mol. The minimum absolute atomic E-state index is 0.119. The Labute approximate surface area is 217 Å². The summed E-state index contributed by atoms with van der Waals surface area (Å²) in [7, 11) is 0. The van der Waals surface area contributed by atoms with E-state index in [1.165, 1.54) is 17.8 Å². The lowest BCUT2D eigenvalue weighted by molar-refractivity contribution is -0.337. The van der Waals surface area contributed by atoms with E-state index in [0.717, 1.165) is 75.7 Å². The summed E-state index contributed by atoms with van der Waals surface area (Å²) in [6.07, 6.45) is 9.54. The Morgan fingerprint density at radius 3 is 2.78 bits per heavy atom. The lowest BCUT2D eigenvalue weighted by Gasteiger charge is -2.32. The van der Waals surface area contributed by atoms with Gasteiger partial charge < -0.3 is 9.62 Å². The van der Waals surface area contributed by atoms with Gasteiger partial charge in [-0.15, -0.1) is 20.4 Å². The van der Waals surface area contributed by atoms with Crippen molar-refractivity contribution in [1.29, 1.82) is 0 Å². The van der Waals surface area contributed by atoms with Crippen LogP contribution in [0.15, 0.2) is 22.4 Å². The van der Waals surface area contributed by atoms with Crippen LogP contribution in [0.2, 0.25) is 0 Å². The molecular formula is C23H31F3N6O2S2. The average Bonchev–Trinajstić information content (AvgIpc) is 3.32. The van der Waals surface area contributed by atoms with Gasteiger partial charge >= 0.3 is 5.51 Å². The van der Waals surface area contributed by atoms with Gasteiger partial charge in [-0.3, -0.25) is 0 Å². The molecule has 13 heteroatoms. The third-order valence-corrected chi connectivity index (χ3v) is 7.44. The maximum absolute atomic E-state index is 12.9. The van der Waals surface area contributed by atoms with Gasteiger partial charge in [0, 0.05) is 18.8 Å². The Balaban J connectivity index is 1.45. The summed E-state index contributed by atoms with van der Waals surface area (Å²) in [4.78, 5) is 13.0. The first-order valence-electron chi connectivity index (χ1n) is 12.4. The number of hydrogen-bond acceptors (Lipinski definition) is 10. The second kappa shape index (κ2) is 13.0. The van der Waals surface area contributed by atoms with Crippen LogP contribution in [0.25, 0.3) is 0 Å². The second-order valence-corrected chi connectivity index (χ2v) is 10.8. The molecule has 2 heterocycles. The van der Waals surface area contributed by atoms with Crippen LogP contribution in [0.3, 0.4) is 0 Å². The number of alkyl halides is 3. The topological polar surface area (TPSA) is 84.2 Å². The van der Waals surface area contributed by atoms with Gasteiger partial charge in [0.1, 0.15) is 17.3 Å². The monoisotopic (exact) mass is 544 g/mol. The van der Waals surface area contributed by atoms with Crippen LogP contribution in [-0.2, 0) is 22.8 Å². The number of azo groups is 1. The number of rotatable bonds is 11. The first-order chi connectivity index (χ1) is 17.4. The molecule has 2 aromatic rings. The molecule has 0 radical (unpaired) electrons. The van der Waals surface area contributed by atoms with E-state index in [0.29, 0.717) is 15.8 Å². The lowest BCUT2D eigenvalue weighted by atomic mass is 9.98. The van der Waals surface area contributed by atoms with E-state index in [9.17, 15) is 13.2 Å². The van der Waals surface area contributed by atoms with E-state index in [1.54, 1.807) is 6.07 Å². The van der Waals surface area contributed by atoms with Crippen molar-refractivity contribution in [2.45, 2.75) is 82.9 Å². The second-order valence-electron chi connectivity index (χ2n) is 8.89. The highest BCUT2D eigenvalue weighted by Gasteiger charge is 2.30. The summed E-state index contributed by atoms with van der Waals surface area (Å²) in [6.45, 7) is 4.04. The van der Waals surface area contributed by atoms with Gasteiger partial charge in [0.15, 0.2) is 0 Å². The van der Waals surface area contributed by atoms with E-state index in [4.69, 9.17) is 9.78 Å². The first kappa shape index (κ1) is 27.1. The summed E-state index contributed by atoms with van der Waals surface area (Å²) in [6, 6.07) is 3.57. The summed E-state index contributed by atoms with van der Waals surface area (Å²) in [5, 5.41) is 17.3. The standard InChI is InChI=1S/C23H31F3N6O2S2/c1-2-3-11-32-12-7-8-16-13-18(19(14-20(16)32)31-36-23(24,25)26)27-29-22-30-28-21(35-22)15-33-34-17-9-5-4-6-10-17/h13-14,17,31H,2-12,15H2,1H3. The molecule has 1 aromatic carbocycles. The van der Waals surface area contributed by atoms with Crippen LogP contribution < -0.4 is 9.62 Å². The fraction of sp³-hybridized carbons (Fsp3) is 0.652. The van der Waals surface area contributed by atoms with Crippen molar-refractivity contribution < 1.29 is 22.9 Å². The molecule has 0 unspecified atom stereocenters. The maximum atomic E-state index is 12.9. The van der Waals surface area contributed by atoms with Crippen LogP contribution in [0.4, 0.5) is 35.4 Å². The average molecular weight is 545 g/mol. The van der Waals surface area contributed by atoms with E-state index in [1.807, 2.05) is 6.07 Å². The highest BCUT2D eigenvalue weighted by Crippen LogP contribution is 2.41. The number of hydrogen-bond donors (Lipinski definition) is 1. The summed E-state index contributed by atoms with van der Waals surface area (Å²) >= 11 is 0.890. The maximum Gasteiger partial charge on any atom is 0.461 e. The fourth-order valence-corrected chi connectivity index (χ4v) is 5.29. The third kappa shape index (κ3) is 8.02. The van der Waals surface area contributed by atoms with E-state index in [-0.39, 0.29) is 30.3 Å². The van der Waals surface area contributed by atoms with E-state index in [2.05, 4.69) is 37.0 Å². The Bertz CT molecular complexity index is 1010. The summed E-state index contributed by atoms with van der Waals surface area (Å²) in [5.41, 5.74) is -1.83. The molecule has 1 aliphatic heterocycles. The predicted molar refractivity (Wildman–Crippen MR) is 136 cm³/mol. The van der Waals surface area contributed by atoms with Gasteiger partial charge in [-0.1, -0.05) is 43.9 Å². The van der Waals surface area contributed by atoms with Crippen molar-refractivity contribution in [2.24, 2.45) is 10.2 Å². The zero-order valence-corrected chi connectivity index (χ0v) is 21.9. The summed E-state index contributed by atoms with van der Waals surface area (Å²) < 4.78 is 41.2. The van der Waals surface area contributed by atoms with Gasteiger partial charge in [0.25, 0.3) is 5.13 Å². The fourth-order valence-electron chi connectivity index (χ4n) is 4.34. The Kier molecular flexibility index (Phi) is 9.80. The molecule has 1 N–H and O–H groups in total. The Hall–Kier alpha value is -1.96. The number of nitrogens with zero attached hydrogens (tertiary/aromatic N) is 5.